The number of fused-ring (bicyclic) bond motifs is 3. The van der Waals surface area contributed by atoms with Crippen molar-refractivity contribution in [2.45, 2.75) is 26.8 Å². The molecule has 154 valence electrons. The van der Waals surface area contributed by atoms with Gasteiger partial charge in [-0.15, -0.1) is 0 Å². The SMILES string of the molecule is CCN(C(=O)c1nn(C(C)C)c(=O)c2c1c1ccccc1n2C)c1cccc(Cl)c1. The van der Waals surface area contributed by atoms with Crippen LogP contribution in [0.15, 0.2) is 53.3 Å². The fraction of sp³-hybridized carbons (Fsp3) is 0.261. The lowest BCUT2D eigenvalue weighted by Crippen LogP contribution is -2.35. The van der Waals surface area contributed by atoms with E-state index < -0.39 is 0 Å². The molecule has 0 aliphatic carbocycles. The Balaban J connectivity index is 2.06. The fourth-order valence-corrected chi connectivity index (χ4v) is 4.09. The molecule has 0 bridgehead atoms. The van der Waals surface area contributed by atoms with Gasteiger partial charge in [-0.05, 0) is 45.0 Å². The van der Waals surface area contributed by atoms with Crippen LogP contribution in [0.4, 0.5) is 5.69 Å². The first kappa shape index (κ1) is 20.2. The molecule has 0 unspecified atom stereocenters. The third kappa shape index (κ3) is 3.08. The first-order chi connectivity index (χ1) is 14.3. The number of halogens is 1. The molecule has 4 rings (SSSR count). The van der Waals surface area contributed by atoms with Crippen molar-refractivity contribution in [2.75, 3.05) is 11.4 Å². The summed E-state index contributed by atoms with van der Waals surface area (Å²) in [7, 11) is 1.85. The van der Waals surface area contributed by atoms with E-state index in [9.17, 15) is 9.59 Å². The van der Waals surface area contributed by atoms with Crippen LogP contribution in [0.1, 0.15) is 37.3 Å². The normalized spacial score (nSPS) is 11.5. The highest BCUT2D eigenvalue weighted by molar-refractivity contribution is 6.31. The number of para-hydroxylation sites is 1. The van der Waals surface area contributed by atoms with Crippen molar-refractivity contribution in [3.8, 4) is 0 Å². The second-order valence-electron chi connectivity index (χ2n) is 7.52. The molecule has 0 aliphatic heterocycles. The predicted molar refractivity (Wildman–Crippen MR) is 122 cm³/mol. The molecule has 0 radical (unpaired) electrons. The summed E-state index contributed by atoms with van der Waals surface area (Å²) in [6, 6.07) is 14.7. The zero-order valence-electron chi connectivity index (χ0n) is 17.4. The van der Waals surface area contributed by atoms with Gasteiger partial charge in [0.15, 0.2) is 5.69 Å². The van der Waals surface area contributed by atoms with Crippen LogP contribution in [0, 0.1) is 0 Å². The number of aryl methyl sites for hydroxylation is 1. The minimum Gasteiger partial charge on any atom is -0.339 e. The van der Waals surface area contributed by atoms with E-state index in [0.717, 1.165) is 10.9 Å². The zero-order chi connectivity index (χ0) is 21.6. The topological polar surface area (TPSA) is 60.1 Å². The first-order valence-electron chi connectivity index (χ1n) is 9.92. The number of benzene rings is 2. The van der Waals surface area contributed by atoms with E-state index in [0.29, 0.717) is 28.2 Å². The third-order valence-electron chi connectivity index (χ3n) is 5.34. The van der Waals surface area contributed by atoms with E-state index in [-0.39, 0.29) is 23.2 Å². The van der Waals surface area contributed by atoms with Crippen molar-refractivity contribution in [1.82, 2.24) is 14.3 Å². The first-order valence-corrected chi connectivity index (χ1v) is 10.3. The third-order valence-corrected chi connectivity index (χ3v) is 5.57. The van der Waals surface area contributed by atoms with E-state index in [4.69, 9.17) is 11.6 Å². The van der Waals surface area contributed by atoms with Crippen molar-refractivity contribution in [3.63, 3.8) is 0 Å². The Bertz CT molecular complexity index is 1340. The summed E-state index contributed by atoms with van der Waals surface area (Å²) in [5.41, 5.74) is 2.10. The molecule has 0 fully saturated rings. The van der Waals surface area contributed by atoms with Gasteiger partial charge in [0.05, 0.1) is 6.04 Å². The Morgan fingerprint density at radius 2 is 1.90 bits per heavy atom. The molecular formula is C23H23ClN4O2. The second kappa shape index (κ2) is 7.61. The summed E-state index contributed by atoms with van der Waals surface area (Å²) in [5.74, 6) is -0.268. The Labute approximate surface area is 179 Å². The smallest absolute Gasteiger partial charge is 0.291 e. The van der Waals surface area contributed by atoms with Crippen LogP contribution in [0.5, 0.6) is 0 Å². The molecule has 0 aliphatic rings. The van der Waals surface area contributed by atoms with E-state index in [1.165, 1.54) is 4.68 Å². The number of nitrogens with zero attached hydrogens (tertiary/aromatic N) is 4. The quantitative estimate of drug-likeness (QED) is 0.475. The molecule has 0 N–H and O–H groups in total. The lowest BCUT2D eigenvalue weighted by molar-refractivity contribution is 0.0983. The molecule has 0 atom stereocenters. The standard InChI is InChI=1S/C23H23ClN4O2/c1-5-27(16-10-8-9-15(24)13-16)22(29)20-19-17-11-6-7-12-18(17)26(4)21(19)23(30)28(25-20)14(2)3/h6-14H,5H2,1-4H3. The van der Waals surface area contributed by atoms with Gasteiger partial charge in [0.2, 0.25) is 0 Å². The van der Waals surface area contributed by atoms with Crippen LogP contribution in [-0.2, 0) is 7.05 Å². The number of aromatic nitrogens is 3. The van der Waals surface area contributed by atoms with E-state index in [1.54, 1.807) is 17.0 Å². The van der Waals surface area contributed by atoms with Crippen LogP contribution in [0.2, 0.25) is 5.02 Å². The molecule has 2 heterocycles. The van der Waals surface area contributed by atoms with Crippen LogP contribution in [-0.4, -0.2) is 26.8 Å². The summed E-state index contributed by atoms with van der Waals surface area (Å²) in [6.07, 6.45) is 0. The van der Waals surface area contributed by atoms with E-state index >= 15 is 0 Å². The van der Waals surface area contributed by atoms with Gasteiger partial charge in [-0.3, -0.25) is 9.59 Å². The highest BCUT2D eigenvalue weighted by Crippen LogP contribution is 2.30. The number of carbonyl (C=O) groups is 1. The predicted octanol–water partition coefficient (Wildman–Crippen LogP) is 4.79. The molecule has 6 nitrogen and oxygen atoms in total. The molecule has 4 aromatic rings. The zero-order valence-corrected chi connectivity index (χ0v) is 18.1. The molecule has 2 aromatic heterocycles. The maximum absolute atomic E-state index is 13.7. The van der Waals surface area contributed by atoms with Gasteiger partial charge >= 0.3 is 0 Å². The highest BCUT2D eigenvalue weighted by atomic mass is 35.5. The van der Waals surface area contributed by atoms with Gasteiger partial charge in [-0.1, -0.05) is 35.9 Å². The molecule has 30 heavy (non-hydrogen) atoms. The van der Waals surface area contributed by atoms with Gasteiger partial charge in [0.25, 0.3) is 11.5 Å². The molecule has 0 spiro atoms. The van der Waals surface area contributed by atoms with Gasteiger partial charge in [0, 0.05) is 40.6 Å². The van der Waals surface area contributed by atoms with Crippen LogP contribution in [0.25, 0.3) is 21.8 Å². The molecule has 0 saturated carbocycles. The Morgan fingerprint density at radius 1 is 1.17 bits per heavy atom. The maximum atomic E-state index is 13.7. The summed E-state index contributed by atoms with van der Waals surface area (Å²) < 4.78 is 3.24. The second-order valence-corrected chi connectivity index (χ2v) is 7.96. The average molecular weight is 423 g/mol. The average Bonchev–Trinajstić information content (AvgIpc) is 3.02. The number of hydrogen-bond donors (Lipinski definition) is 0. The lowest BCUT2D eigenvalue weighted by Gasteiger charge is -2.22. The number of rotatable bonds is 4. The summed E-state index contributed by atoms with van der Waals surface area (Å²) in [6.45, 7) is 6.10. The minimum absolute atomic E-state index is 0.187. The lowest BCUT2D eigenvalue weighted by atomic mass is 10.1. The van der Waals surface area contributed by atoms with Gasteiger partial charge in [-0.25, -0.2) is 4.68 Å². The van der Waals surface area contributed by atoms with Crippen LogP contribution in [0.3, 0.4) is 0 Å². The van der Waals surface area contributed by atoms with Gasteiger partial charge in [0.1, 0.15) is 5.52 Å². The Morgan fingerprint density at radius 3 is 2.57 bits per heavy atom. The van der Waals surface area contributed by atoms with Gasteiger partial charge < -0.3 is 9.47 Å². The Hall–Kier alpha value is -3.12. The summed E-state index contributed by atoms with van der Waals surface area (Å²) in [5, 5.41) is 6.51. The van der Waals surface area contributed by atoms with E-state index in [1.807, 2.05) is 68.8 Å². The molecule has 0 saturated heterocycles. The fourth-order valence-electron chi connectivity index (χ4n) is 3.91. The number of carbonyl (C=O) groups excluding carboxylic acids is 1. The van der Waals surface area contributed by atoms with Gasteiger partial charge in [-0.2, -0.15) is 5.10 Å². The number of anilines is 1. The minimum atomic E-state index is -0.268. The summed E-state index contributed by atoms with van der Waals surface area (Å²) >= 11 is 6.16. The number of amides is 1. The van der Waals surface area contributed by atoms with Crippen molar-refractivity contribution >= 4 is 45.0 Å². The van der Waals surface area contributed by atoms with Crippen LogP contribution >= 0.6 is 11.6 Å². The molecule has 1 amide bonds. The van der Waals surface area contributed by atoms with Crippen LogP contribution < -0.4 is 10.5 Å². The van der Waals surface area contributed by atoms with Crippen molar-refractivity contribution in [3.05, 3.63) is 69.6 Å². The Kier molecular flexibility index (Phi) is 5.12. The molecular weight excluding hydrogens is 400 g/mol. The van der Waals surface area contributed by atoms with Crippen molar-refractivity contribution < 1.29 is 4.79 Å². The monoisotopic (exact) mass is 422 g/mol. The maximum Gasteiger partial charge on any atom is 0.291 e. The molecule has 2 aromatic carbocycles. The molecule has 7 heteroatoms. The largest absolute Gasteiger partial charge is 0.339 e. The van der Waals surface area contributed by atoms with Crippen molar-refractivity contribution in [1.29, 1.82) is 0 Å². The highest BCUT2D eigenvalue weighted by Gasteiger charge is 2.27. The summed E-state index contributed by atoms with van der Waals surface area (Å²) in [4.78, 5) is 28.6. The number of hydrogen-bond acceptors (Lipinski definition) is 3. The van der Waals surface area contributed by atoms with Crippen molar-refractivity contribution in [2.24, 2.45) is 7.05 Å². The van der Waals surface area contributed by atoms with E-state index in [2.05, 4.69) is 5.10 Å².